The molecule has 0 bridgehead atoms. The number of halogens is 3. The monoisotopic (exact) mass is 487 g/mol. The van der Waals surface area contributed by atoms with Crippen LogP contribution in [0.2, 0.25) is 0 Å². The highest BCUT2D eigenvalue weighted by Gasteiger charge is 2.48. The van der Waals surface area contributed by atoms with Crippen molar-refractivity contribution in [2.45, 2.75) is 25.6 Å². The lowest BCUT2D eigenvalue weighted by atomic mass is 10.0. The smallest absolute Gasteiger partial charge is 0.410 e. The Balaban J connectivity index is 1.75. The van der Waals surface area contributed by atoms with Gasteiger partial charge < -0.3 is 14.8 Å². The Kier molecular flexibility index (Phi) is 5.95. The molecule has 2 heterocycles. The van der Waals surface area contributed by atoms with Crippen molar-refractivity contribution < 1.29 is 27.4 Å². The van der Waals surface area contributed by atoms with Crippen LogP contribution in [0.1, 0.15) is 24.2 Å². The molecule has 0 unspecified atom stereocenters. The fraction of sp³-hybridized carbons (Fsp3) is 0.292. The SMILES string of the molecule is COc1cc(-n2cnc3cc(-c4cnn(C)c4)ccc32)cc(OC)c1C(=O)NC(C)(C)C(F)(F)F. The first-order valence-corrected chi connectivity index (χ1v) is 10.6. The van der Waals surface area contributed by atoms with Crippen LogP contribution in [0.4, 0.5) is 13.2 Å². The van der Waals surface area contributed by atoms with E-state index in [0.29, 0.717) is 5.69 Å². The number of benzene rings is 2. The molecule has 2 aromatic carbocycles. The predicted octanol–water partition coefficient (Wildman–Crippen LogP) is 4.51. The molecule has 0 aliphatic rings. The van der Waals surface area contributed by atoms with Gasteiger partial charge in [0, 0.05) is 30.9 Å². The highest BCUT2D eigenvalue weighted by atomic mass is 19.4. The summed E-state index contributed by atoms with van der Waals surface area (Å²) in [4.78, 5) is 17.3. The van der Waals surface area contributed by atoms with Crippen LogP contribution in [0.3, 0.4) is 0 Å². The first-order chi connectivity index (χ1) is 16.4. The van der Waals surface area contributed by atoms with Gasteiger partial charge in [0.05, 0.1) is 37.1 Å². The molecule has 0 radical (unpaired) electrons. The second kappa shape index (κ2) is 8.64. The molecule has 0 saturated heterocycles. The molecule has 0 aliphatic heterocycles. The van der Waals surface area contributed by atoms with Crippen molar-refractivity contribution in [2.24, 2.45) is 7.05 Å². The van der Waals surface area contributed by atoms with Crippen molar-refractivity contribution in [1.82, 2.24) is 24.6 Å². The average molecular weight is 487 g/mol. The van der Waals surface area contributed by atoms with Gasteiger partial charge in [0.2, 0.25) is 0 Å². The van der Waals surface area contributed by atoms with Crippen molar-refractivity contribution in [3.63, 3.8) is 0 Å². The molecule has 0 atom stereocenters. The lowest BCUT2D eigenvalue weighted by Crippen LogP contribution is -2.54. The molecule has 2 aromatic heterocycles. The molecule has 11 heteroatoms. The molecule has 8 nitrogen and oxygen atoms in total. The molecule has 184 valence electrons. The Morgan fingerprint density at radius 1 is 1.03 bits per heavy atom. The normalized spacial score (nSPS) is 12.1. The minimum atomic E-state index is -4.65. The fourth-order valence-corrected chi connectivity index (χ4v) is 3.65. The van der Waals surface area contributed by atoms with E-state index in [4.69, 9.17) is 9.47 Å². The van der Waals surface area contributed by atoms with E-state index in [1.54, 1.807) is 33.9 Å². The van der Waals surface area contributed by atoms with Crippen LogP contribution in [-0.4, -0.2) is 51.2 Å². The topological polar surface area (TPSA) is 83.2 Å². The molecule has 0 spiro atoms. The third kappa shape index (κ3) is 4.41. The average Bonchev–Trinajstić information content (AvgIpc) is 3.42. The van der Waals surface area contributed by atoms with Gasteiger partial charge in [-0.2, -0.15) is 18.3 Å². The van der Waals surface area contributed by atoms with Gasteiger partial charge in [-0.25, -0.2) is 4.98 Å². The van der Waals surface area contributed by atoms with Gasteiger partial charge in [-0.3, -0.25) is 14.0 Å². The number of hydrogen-bond acceptors (Lipinski definition) is 5. The van der Waals surface area contributed by atoms with E-state index < -0.39 is 17.6 Å². The molecule has 35 heavy (non-hydrogen) atoms. The number of imidazole rings is 1. The Bertz CT molecular complexity index is 1380. The van der Waals surface area contributed by atoms with Gasteiger partial charge in [0.15, 0.2) is 0 Å². The molecular weight excluding hydrogens is 463 g/mol. The number of carbonyl (C=O) groups excluding carboxylic acids is 1. The number of nitrogens with one attached hydrogen (secondary N) is 1. The van der Waals surface area contributed by atoms with Crippen LogP contribution in [0, 0.1) is 0 Å². The lowest BCUT2D eigenvalue weighted by molar-refractivity contribution is -0.182. The molecule has 0 fully saturated rings. The quantitative estimate of drug-likeness (QED) is 0.433. The summed E-state index contributed by atoms with van der Waals surface area (Å²) in [7, 11) is 4.50. The second-order valence-electron chi connectivity index (χ2n) is 8.52. The van der Waals surface area contributed by atoms with Gasteiger partial charge in [0.1, 0.15) is 28.9 Å². The number of methoxy groups -OCH3 is 2. The molecule has 0 saturated carbocycles. The van der Waals surface area contributed by atoms with Crippen molar-refractivity contribution in [2.75, 3.05) is 14.2 Å². The Hall–Kier alpha value is -4.02. The number of amides is 1. The maximum atomic E-state index is 13.3. The minimum absolute atomic E-state index is 0.0589. The Morgan fingerprint density at radius 2 is 1.69 bits per heavy atom. The van der Waals surface area contributed by atoms with E-state index in [0.717, 1.165) is 36.0 Å². The zero-order chi connectivity index (χ0) is 25.5. The highest BCUT2D eigenvalue weighted by Crippen LogP contribution is 2.36. The van der Waals surface area contributed by atoms with Crippen molar-refractivity contribution >= 4 is 16.9 Å². The largest absolute Gasteiger partial charge is 0.496 e. The van der Waals surface area contributed by atoms with E-state index in [9.17, 15) is 18.0 Å². The summed E-state index contributed by atoms with van der Waals surface area (Å²) in [6.45, 7) is 1.77. The number of nitrogens with zero attached hydrogens (tertiary/aromatic N) is 4. The van der Waals surface area contributed by atoms with Gasteiger partial charge in [-0.05, 0) is 31.5 Å². The van der Waals surface area contributed by atoms with Crippen molar-refractivity contribution in [3.05, 3.63) is 54.6 Å². The predicted molar refractivity (Wildman–Crippen MR) is 124 cm³/mol. The van der Waals surface area contributed by atoms with E-state index >= 15 is 0 Å². The summed E-state index contributed by atoms with van der Waals surface area (Å²) in [5, 5.41) is 6.21. The third-order valence-corrected chi connectivity index (χ3v) is 5.72. The van der Waals surface area contributed by atoms with Crippen LogP contribution >= 0.6 is 0 Å². The van der Waals surface area contributed by atoms with Crippen LogP contribution in [0.5, 0.6) is 11.5 Å². The highest BCUT2D eigenvalue weighted by molar-refractivity contribution is 6.00. The van der Waals surface area contributed by atoms with Crippen LogP contribution < -0.4 is 14.8 Å². The molecule has 1 amide bonds. The van der Waals surface area contributed by atoms with Gasteiger partial charge in [-0.1, -0.05) is 6.07 Å². The standard InChI is InChI=1S/C24H24F3N5O3/c1-23(2,24(25,26)27)30-22(33)21-19(34-4)9-16(10-20(21)35-5)32-13-28-17-8-14(6-7-18(17)32)15-11-29-31(3)12-15/h6-13H,1-5H3,(H,30,33). The summed E-state index contributed by atoms with van der Waals surface area (Å²) in [5.41, 5.74) is 1.36. The number of alkyl halides is 3. The number of carbonyl (C=O) groups is 1. The van der Waals surface area contributed by atoms with E-state index in [2.05, 4.69) is 10.1 Å². The van der Waals surface area contributed by atoms with Gasteiger partial charge >= 0.3 is 6.18 Å². The Morgan fingerprint density at radius 3 is 2.23 bits per heavy atom. The number of fused-ring (bicyclic) bond motifs is 1. The summed E-state index contributed by atoms with van der Waals surface area (Å²) in [5.74, 6) is -0.850. The number of ether oxygens (including phenoxy) is 2. The summed E-state index contributed by atoms with van der Waals surface area (Å²) in [6, 6.07) is 8.86. The molecular formula is C24H24F3N5O3. The lowest BCUT2D eigenvalue weighted by Gasteiger charge is -2.29. The number of rotatable bonds is 6. The summed E-state index contributed by atoms with van der Waals surface area (Å²) >= 11 is 0. The van der Waals surface area contributed by atoms with Gasteiger partial charge in [0.25, 0.3) is 5.91 Å². The third-order valence-electron chi connectivity index (χ3n) is 5.72. The number of aryl methyl sites for hydroxylation is 1. The summed E-state index contributed by atoms with van der Waals surface area (Å²) < 4.78 is 54.2. The molecule has 1 N–H and O–H groups in total. The van der Waals surface area contributed by atoms with Crippen LogP contribution in [0.25, 0.3) is 27.8 Å². The van der Waals surface area contributed by atoms with E-state index in [-0.39, 0.29) is 17.1 Å². The van der Waals surface area contributed by atoms with Crippen LogP contribution in [-0.2, 0) is 7.05 Å². The zero-order valence-corrected chi connectivity index (χ0v) is 19.8. The number of aromatic nitrogens is 4. The number of hydrogen-bond donors (Lipinski definition) is 1. The molecule has 0 aliphatic carbocycles. The van der Waals surface area contributed by atoms with E-state index in [1.807, 2.05) is 36.8 Å². The van der Waals surface area contributed by atoms with Crippen molar-refractivity contribution in [1.29, 1.82) is 0 Å². The molecule has 4 rings (SSSR count). The summed E-state index contributed by atoms with van der Waals surface area (Å²) in [6.07, 6.45) is 0.626. The van der Waals surface area contributed by atoms with Crippen LogP contribution in [0.15, 0.2) is 49.1 Å². The maximum absolute atomic E-state index is 13.3. The second-order valence-corrected chi connectivity index (χ2v) is 8.52. The first kappa shape index (κ1) is 24.1. The first-order valence-electron chi connectivity index (χ1n) is 10.6. The zero-order valence-electron chi connectivity index (χ0n) is 19.8. The van der Waals surface area contributed by atoms with Crippen molar-refractivity contribution in [3.8, 4) is 28.3 Å². The van der Waals surface area contributed by atoms with Gasteiger partial charge in [-0.15, -0.1) is 0 Å². The minimum Gasteiger partial charge on any atom is -0.496 e. The Labute approximate surface area is 199 Å². The van der Waals surface area contributed by atoms with E-state index in [1.165, 1.54) is 14.2 Å². The maximum Gasteiger partial charge on any atom is 0.410 e. The fourth-order valence-electron chi connectivity index (χ4n) is 3.65. The molecule has 4 aromatic rings.